The van der Waals surface area contributed by atoms with Crippen LogP contribution < -0.4 is 16.0 Å². The molecular formula is C27H26N4O3. The van der Waals surface area contributed by atoms with Crippen molar-refractivity contribution in [2.45, 2.75) is 0 Å². The lowest BCUT2D eigenvalue weighted by atomic mass is 10.00. The van der Waals surface area contributed by atoms with Gasteiger partial charge in [-0.1, -0.05) is 48.5 Å². The highest BCUT2D eigenvalue weighted by atomic mass is 16.5. The summed E-state index contributed by atoms with van der Waals surface area (Å²) in [5.74, 6) is -0.187. The van der Waals surface area contributed by atoms with Gasteiger partial charge in [0, 0.05) is 35.7 Å². The molecule has 2 aliphatic heterocycles. The summed E-state index contributed by atoms with van der Waals surface area (Å²) >= 11 is 0. The predicted molar refractivity (Wildman–Crippen MR) is 134 cm³/mol. The first-order chi connectivity index (χ1) is 16.7. The Hall–Kier alpha value is -3.94. The van der Waals surface area contributed by atoms with E-state index in [1.807, 2.05) is 78.9 Å². The Labute approximate surface area is 198 Å². The molecule has 34 heavy (non-hydrogen) atoms. The van der Waals surface area contributed by atoms with E-state index in [0.717, 1.165) is 47.0 Å². The molecule has 2 amide bonds. The number of nitrogens with one attached hydrogen (secondary N) is 3. The van der Waals surface area contributed by atoms with E-state index in [1.54, 1.807) is 0 Å². The van der Waals surface area contributed by atoms with E-state index in [9.17, 15) is 9.59 Å². The molecule has 1 saturated heterocycles. The maximum atomic E-state index is 12.9. The minimum atomic E-state index is -0.139. The van der Waals surface area contributed by atoms with E-state index in [-0.39, 0.29) is 11.8 Å². The van der Waals surface area contributed by atoms with Crippen LogP contribution in [-0.4, -0.2) is 49.6 Å². The quantitative estimate of drug-likeness (QED) is 0.493. The van der Waals surface area contributed by atoms with Crippen LogP contribution in [0, 0.1) is 0 Å². The van der Waals surface area contributed by atoms with Crippen molar-refractivity contribution >= 4 is 40.1 Å². The molecular weight excluding hydrogens is 428 g/mol. The maximum Gasteiger partial charge on any atom is 0.258 e. The third-order valence-electron chi connectivity index (χ3n) is 5.89. The minimum absolute atomic E-state index is 0.0473. The maximum absolute atomic E-state index is 12.9. The van der Waals surface area contributed by atoms with Gasteiger partial charge in [0.25, 0.3) is 5.91 Å². The molecule has 0 radical (unpaired) electrons. The predicted octanol–water partition coefficient (Wildman–Crippen LogP) is 3.89. The molecule has 2 heterocycles. The Morgan fingerprint density at radius 2 is 1.50 bits per heavy atom. The average Bonchev–Trinajstić information content (AvgIpc) is 3.20. The number of anilines is 3. The van der Waals surface area contributed by atoms with E-state index < -0.39 is 0 Å². The Kier molecular flexibility index (Phi) is 6.38. The van der Waals surface area contributed by atoms with Crippen molar-refractivity contribution in [2.24, 2.45) is 0 Å². The smallest absolute Gasteiger partial charge is 0.258 e. The molecule has 7 nitrogen and oxygen atoms in total. The summed E-state index contributed by atoms with van der Waals surface area (Å²) < 4.78 is 5.33. The highest BCUT2D eigenvalue weighted by Crippen LogP contribution is 2.37. The van der Waals surface area contributed by atoms with Crippen LogP contribution in [0.2, 0.25) is 0 Å². The number of morpholine rings is 1. The van der Waals surface area contributed by atoms with E-state index in [2.05, 4.69) is 20.9 Å². The third kappa shape index (κ3) is 4.85. The van der Waals surface area contributed by atoms with Crippen LogP contribution in [0.5, 0.6) is 0 Å². The number of fused-ring (bicyclic) bond motifs is 1. The van der Waals surface area contributed by atoms with Gasteiger partial charge in [-0.05, 0) is 35.9 Å². The Morgan fingerprint density at radius 1 is 0.853 bits per heavy atom. The fourth-order valence-electron chi connectivity index (χ4n) is 4.19. The van der Waals surface area contributed by atoms with Crippen molar-refractivity contribution < 1.29 is 14.3 Å². The summed E-state index contributed by atoms with van der Waals surface area (Å²) in [6.45, 7) is 3.21. The standard InChI is InChI=1S/C27H26N4O3/c32-24(18-31-14-16-34-17-15-31)28-20-10-12-21(13-11-20)29-26(19-6-2-1-3-7-19)25-22-8-4-5-9-23(22)30-27(25)33/h1-13,29H,14-18H2,(H,28,32)(H,30,33)/b26-25-. The van der Waals surface area contributed by atoms with E-state index in [1.165, 1.54) is 0 Å². The second kappa shape index (κ2) is 9.91. The van der Waals surface area contributed by atoms with Crippen LogP contribution in [0.15, 0.2) is 78.9 Å². The number of amides is 2. The van der Waals surface area contributed by atoms with Crippen LogP contribution in [0.3, 0.4) is 0 Å². The molecule has 0 unspecified atom stereocenters. The number of benzene rings is 3. The van der Waals surface area contributed by atoms with Gasteiger partial charge in [-0.2, -0.15) is 0 Å². The lowest BCUT2D eigenvalue weighted by molar-refractivity contribution is -0.118. The van der Waals surface area contributed by atoms with Crippen LogP contribution in [0.4, 0.5) is 17.1 Å². The minimum Gasteiger partial charge on any atom is -0.379 e. The van der Waals surface area contributed by atoms with Crippen molar-refractivity contribution in [2.75, 3.05) is 48.8 Å². The zero-order valence-electron chi connectivity index (χ0n) is 18.7. The summed E-state index contributed by atoms with van der Waals surface area (Å²) in [7, 11) is 0. The average molecular weight is 455 g/mol. The molecule has 0 aliphatic carbocycles. The van der Waals surface area contributed by atoms with Gasteiger partial charge in [-0.3, -0.25) is 14.5 Å². The van der Waals surface area contributed by atoms with Crippen molar-refractivity contribution in [3.05, 3.63) is 90.0 Å². The molecule has 0 spiro atoms. The van der Waals surface area contributed by atoms with Crippen molar-refractivity contribution in [3.63, 3.8) is 0 Å². The molecule has 3 aromatic rings. The topological polar surface area (TPSA) is 82.7 Å². The first-order valence-corrected chi connectivity index (χ1v) is 11.3. The molecule has 0 bridgehead atoms. The number of para-hydroxylation sites is 1. The van der Waals surface area contributed by atoms with Crippen molar-refractivity contribution in [1.29, 1.82) is 0 Å². The molecule has 7 heteroatoms. The van der Waals surface area contributed by atoms with Gasteiger partial charge < -0.3 is 20.7 Å². The Bertz CT molecular complexity index is 1220. The van der Waals surface area contributed by atoms with Crippen molar-refractivity contribution in [3.8, 4) is 0 Å². The van der Waals surface area contributed by atoms with Gasteiger partial charge >= 0.3 is 0 Å². The summed E-state index contributed by atoms with van der Waals surface area (Å²) in [6.07, 6.45) is 0. The molecule has 5 rings (SSSR count). The largest absolute Gasteiger partial charge is 0.379 e. The normalized spacial score (nSPS) is 17.0. The van der Waals surface area contributed by atoms with E-state index in [4.69, 9.17) is 4.74 Å². The molecule has 0 saturated carbocycles. The summed E-state index contributed by atoms with van der Waals surface area (Å²) in [5, 5.41) is 9.34. The molecule has 0 aromatic heterocycles. The van der Waals surface area contributed by atoms with Gasteiger partial charge in [0.05, 0.1) is 31.0 Å². The van der Waals surface area contributed by atoms with Gasteiger partial charge in [-0.15, -0.1) is 0 Å². The number of ether oxygens (including phenoxy) is 1. The molecule has 3 N–H and O–H groups in total. The number of carbonyl (C=O) groups excluding carboxylic acids is 2. The number of nitrogens with zero attached hydrogens (tertiary/aromatic N) is 1. The fraction of sp³-hybridized carbons (Fsp3) is 0.185. The second-order valence-electron chi connectivity index (χ2n) is 8.25. The highest BCUT2D eigenvalue weighted by molar-refractivity contribution is 6.37. The molecule has 3 aromatic carbocycles. The van der Waals surface area contributed by atoms with E-state index in [0.29, 0.717) is 25.3 Å². The fourth-order valence-corrected chi connectivity index (χ4v) is 4.19. The summed E-state index contributed by atoms with van der Waals surface area (Å²) in [5.41, 5.74) is 5.45. The first-order valence-electron chi connectivity index (χ1n) is 11.3. The molecule has 0 atom stereocenters. The lowest BCUT2D eigenvalue weighted by Crippen LogP contribution is -2.41. The van der Waals surface area contributed by atoms with Crippen molar-refractivity contribution in [1.82, 2.24) is 4.90 Å². The highest BCUT2D eigenvalue weighted by Gasteiger charge is 2.28. The van der Waals surface area contributed by atoms with Crippen LogP contribution in [0.1, 0.15) is 11.1 Å². The Morgan fingerprint density at radius 3 is 2.24 bits per heavy atom. The van der Waals surface area contributed by atoms with Gasteiger partial charge in [-0.25, -0.2) is 0 Å². The number of rotatable bonds is 6. The molecule has 172 valence electrons. The van der Waals surface area contributed by atoms with Crippen LogP contribution in [-0.2, 0) is 14.3 Å². The van der Waals surface area contributed by atoms with Crippen LogP contribution >= 0.6 is 0 Å². The third-order valence-corrected chi connectivity index (χ3v) is 5.89. The zero-order valence-corrected chi connectivity index (χ0v) is 18.7. The zero-order chi connectivity index (χ0) is 23.3. The van der Waals surface area contributed by atoms with Crippen LogP contribution in [0.25, 0.3) is 11.3 Å². The van der Waals surface area contributed by atoms with E-state index >= 15 is 0 Å². The first kappa shape index (κ1) is 21.9. The molecule has 1 fully saturated rings. The monoisotopic (exact) mass is 454 g/mol. The van der Waals surface area contributed by atoms with Gasteiger partial charge in [0.2, 0.25) is 5.91 Å². The van der Waals surface area contributed by atoms with Gasteiger partial charge in [0.15, 0.2) is 0 Å². The van der Waals surface area contributed by atoms with Gasteiger partial charge in [0.1, 0.15) is 0 Å². The number of hydrogen-bond donors (Lipinski definition) is 3. The Balaban J connectivity index is 1.37. The summed E-state index contributed by atoms with van der Waals surface area (Å²) in [4.78, 5) is 27.4. The lowest BCUT2D eigenvalue weighted by Gasteiger charge is -2.25. The molecule has 2 aliphatic rings. The second-order valence-corrected chi connectivity index (χ2v) is 8.25. The number of carbonyl (C=O) groups is 2. The summed E-state index contributed by atoms with van der Waals surface area (Å²) in [6, 6.07) is 25.0. The number of hydrogen-bond acceptors (Lipinski definition) is 5. The SMILES string of the molecule is O=C(CN1CCOCC1)Nc1ccc(N/C(=C2\C(=O)Nc3ccccc32)c2ccccc2)cc1.